The molecule has 0 bridgehead atoms. The van der Waals surface area contributed by atoms with E-state index in [4.69, 9.17) is 24.0 Å². The smallest absolute Gasteiger partial charge is 0.141 e. The molecule has 0 unspecified atom stereocenters. The van der Waals surface area contributed by atoms with Gasteiger partial charge in [0.2, 0.25) is 0 Å². The Kier molecular flexibility index (Phi) is 5.79. The van der Waals surface area contributed by atoms with Crippen LogP contribution in [-0.4, -0.2) is 35.4 Å². The lowest BCUT2D eigenvalue weighted by Crippen LogP contribution is -2.17. The van der Waals surface area contributed by atoms with Gasteiger partial charge < -0.3 is 14.0 Å². The molecule has 1 aliphatic rings. The largest absolute Gasteiger partial charge is 0.496 e. The molecular formula is C27H31N3O3. The van der Waals surface area contributed by atoms with Gasteiger partial charge in [-0.2, -0.15) is 0 Å². The summed E-state index contributed by atoms with van der Waals surface area (Å²) in [4.78, 5) is 9.97. The molecule has 0 aliphatic carbocycles. The van der Waals surface area contributed by atoms with Crippen LogP contribution in [-0.2, 0) is 11.2 Å². The molecular weight excluding hydrogens is 414 g/mol. The van der Waals surface area contributed by atoms with Gasteiger partial charge in [0.05, 0.1) is 35.6 Å². The zero-order chi connectivity index (χ0) is 23.1. The van der Waals surface area contributed by atoms with E-state index in [0.717, 1.165) is 82.6 Å². The van der Waals surface area contributed by atoms with Gasteiger partial charge >= 0.3 is 0 Å². The van der Waals surface area contributed by atoms with Crippen LogP contribution in [0.1, 0.15) is 55.3 Å². The molecule has 4 aromatic rings. The molecule has 1 fully saturated rings. The van der Waals surface area contributed by atoms with Gasteiger partial charge in [-0.15, -0.1) is 0 Å². The van der Waals surface area contributed by atoms with E-state index < -0.39 is 0 Å². The van der Waals surface area contributed by atoms with Crippen molar-refractivity contribution in [2.24, 2.45) is 5.92 Å². The first-order valence-electron chi connectivity index (χ1n) is 11.8. The fourth-order valence-electron chi connectivity index (χ4n) is 5.08. The third kappa shape index (κ3) is 3.97. The number of benzene rings is 1. The Morgan fingerprint density at radius 3 is 2.48 bits per heavy atom. The Labute approximate surface area is 194 Å². The molecule has 3 aromatic heterocycles. The molecule has 6 heteroatoms. The molecule has 5 rings (SSSR count). The van der Waals surface area contributed by atoms with Gasteiger partial charge in [-0.1, -0.05) is 19.0 Å². The molecule has 6 nitrogen and oxygen atoms in total. The van der Waals surface area contributed by atoms with E-state index in [0.29, 0.717) is 11.8 Å². The van der Waals surface area contributed by atoms with E-state index in [2.05, 4.69) is 37.2 Å². The van der Waals surface area contributed by atoms with Crippen molar-refractivity contribution in [2.75, 3.05) is 20.3 Å². The lowest BCUT2D eigenvalue weighted by molar-refractivity contribution is 0.0843. The summed E-state index contributed by atoms with van der Waals surface area (Å²) in [5.41, 5.74) is 7.16. The molecule has 0 N–H and O–H groups in total. The van der Waals surface area contributed by atoms with E-state index in [1.54, 1.807) is 7.11 Å². The molecule has 0 atom stereocenters. The average molecular weight is 446 g/mol. The summed E-state index contributed by atoms with van der Waals surface area (Å²) in [6.07, 6.45) is 4.97. The first-order chi connectivity index (χ1) is 16.0. The molecule has 0 radical (unpaired) electrons. The van der Waals surface area contributed by atoms with Crippen LogP contribution >= 0.6 is 0 Å². The maximum atomic E-state index is 5.82. The molecule has 0 spiro atoms. The van der Waals surface area contributed by atoms with Crippen LogP contribution in [0, 0.1) is 19.8 Å². The highest BCUT2D eigenvalue weighted by atomic mass is 16.5. The Balaban J connectivity index is 1.73. The fourth-order valence-corrected chi connectivity index (χ4v) is 5.08. The van der Waals surface area contributed by atoms with Crippen molar-refractivity contribution in [3.8, 4) is 16.9 Å². The number of hydrogen-bond donors (Lipinski definition) is 0. The lowest BCUT2D eigenvalue weighted by atomic mass is 9.88. The highest BCUT2D eigenvalue weighted by molar-refractivity contribution is 6.06. The van der Waals surface area contributed by atoms with Crippen LogP contribution in [0.2, 0.25) is 0 Å². The summed E-state index contributed by atoms with van der Waals surface area (Å²) < 4.78 is 16.8. The standard InChI is InChI=1S/C27H31N3O3/c1-15(2)10-19-11-20-21-13-25(31-5)22(26-16(3)30-33-17(26)4)12-23(21)28-14-24(20)29-27(19)18-6-8-32-9-7-18/h11-15,18H,6-10H2,1-5H3. The van der Waals surface area contributed by atoms with Gasteiger partial charge in [0.25, 0.3) is 0 Å². The molecule has 172 valence electrons. The maximum Gasteiger partial charge on any atom is 0.141 e. The van der Waals surface area contributed by atoms with E-state index in [1.807, 2.05) is 20.0 Å². The van der Waals surface area contributed by atoms with Crippen LogP contribution in [0.4, 0.5) is 0 Å². The number of pyridine rings is 2. The van der Waals surface area contributed by atoms with Crippen molar-refractivity contribution in [2.45, 2.75) is 52.9 Å². The van der Waals surface area contributed by atoms with Gasteiger partial charge in [-0.3, -0.25) is 9.97 Å². The zero-order valence-corrected chi connectivity index (χ0v) is 20.1. The van der Waals surface area contributed by atoms with Gasteiger partial charge in [-0.05, 0) is 62.8 Å². The van der Waals surface area contributed by atoms with E-state index in [1.165, 1.54) is 11.3 Å². The highest BCUT2D eigenvalue weighted by Gasteiger charge is 2.23. The molecule has 33 heavy (non-hydrogen) atoms. The minimum Gasteiger partial charge on any atom is -0.496 e. The lowest BCUT2D eigenvalue weighted by Gasteiger charge is -2.25. The van der Waals surface area contributed by atoms with Gasteiger partial charge in [0.1, 0.15) is 11.5 Å². The minimum atomic E-state index is 0.448. The number of nitrogens with zero attached hydrogens (tertiary/aromatic N) is 3. The molecule has 0 saturated carbocycles. The Morgan fingerprint density at radius 1 is 1.06 bits per heavy atom. The topological polar surface area (TPSA) is 70.3 Å². The average Bonchev–Trinajstić information content (AvgIpc) is 3.15. The number of fused-ring (bicyclic) bond motifs is 3. The predicted molar refractivity (Wildman–Crippen MR) is 130 cm³/mol. The Hall–Kier alpha value is -2.99. The van der Waals surface area contributed by atoms with Crippen molar-refractivity contribution in [1.29, 1.82) is 0 Å². The molecule has 4 heterocycles. The molecule has 1 saturated heterocycles. The van der Waals surface area contributed by atoms with Crippen molar-refractivity contribution in [3.63, 3.8) is 0 Å². The predicted octanol–water partition coefficient (Wildman–Crippen LogP) is 6.16. The van der Waals surface area contributed by atoms with E-state index >= 15 is 0 Å². The van der Waals surface area contributed by atoms with Crippen LogP contribution in [0.3, 0.4) is 0 Å². The normalized spacial score (nSPS) is 15.1. The number of aryl methyl sites for hydroxylation is 2. The minimum absolute atomic E-state index is 0.448. The molecule has 0 amide bonds. The first kappa shape index (κ1) is 21.8. The third-order valence-corrected chi connectivity index (χ3v) is 6.64. The van der Waals surface area contributed by atoms with Crippen molar-refractivity contribution in [1.82, 2.24) is 15.1 Å². The van der Waals surface area contributed by atoms with Crippen LogP contribution in [0.25, 0.3) is 32.9 Å². The Morgan fingerprint density at radius 2 is 1.82 bits per heavy atom. The zero-order valence-electron chi connectivity index (χ0n) is 20.1. The quantitative estimate of drug-likeness (QED) is 0.343. The van der Waals surface area contributed by atoms with Gasteiger partial charge in [0.15, 0.2) is 0 Å². The monoisotopic (exact) mass is 445 g/mol. The fraction of sp³-hybridized carbons (Fsp3) is 0.444. The second kappa shape index (κ2) is 8.75. The number of ether oxygens (including phenoxy) is 2. The van der Waals surface area contributed by atoms with Gasteiger partial charge in [-0.25, -0.2) is 0 Å². The summed E-state index contributed by atoms with van der Waals surface area (Å²) in [6.45, 7) is 10.0. The SMILES string of the molecule is COc1cc2c(cc1-c1c(C)noc1C)ncc1nc(C3CCOCC3)c(CC(C)C)cc12. The van der Waals surface area contributed by atoms with Crippen molar-refractivity contribution in [3.05, 3.63) is 47.1 Å². The van der Waals surface area contributed by atoms with Crippen LogP contribution < -0.4 is 4.74 Å². The summed E-state index contributed by atoms with van der Waals surface area (Å²) in [5, 5.41) is 6.29. The number of aromatic nitrogens is 3. The van der Waals surface area contributed by atoms with E-state index in [9.17, 15) is 0 Å². The summed E-state index contributed by atoms with van der Waals surface area (Å²) in [6, 6.07) is 6.50. The number of hydrogen-bond acceptors (Lipinski definition) is 6. The second-order valence-electron chi connectivity index (χ2n) is 9.48. The van der Waals surface area contributed by atoms with Gasteiger partial charge in [0, 0.05) is 41.2 Å². The summed E-state index contributed by atoms with van der Waals surface area (Å²) >= 11 is 0. The molecule has 1 aromatic carbocycles. The third-order valence-electron chi connectivity index (χ3n) is 6.64. The second-order valence-corrected chi connectivity index (χ2v) is 9.48. The Bertz CT molecular complexity index is 1300. The van der Waals surface area contributed by atoms with Crippen LogP contribution in [0.15, 0.2) is 28.9 Å². The first-order valence-corrected chi connectivity index (χ1v) is 11.8. The number of methoxy groups -OCH3 is 1. The summed E-state index contributed by atoms with van der Waals surface area (Å²) in [5.74, 6) is 2.55. The van der Waals surface area contributed by atoms with Crippen LogP contribution in [0.5, 0.6) is 5.75 Å². The van der Waals surface area contributed by atoms with Crippen molar-refractivity contribution >= 4 is 21.8 Å². The number of rotatable bonds is 5. The summed E-state index contributed by atoms with van der Waals surface area (Å²) in [7, 11) is 1.70. The van der Waals surface area contributed by atoms with Crippen molar-refractivity contribution < 1.29 is 14.0 Å². The maximum absolute atomic E-state index is 5.82. The highest BCUT2D eigenvalue weighted by Crippen LogP contribution is 2.40. The molecule has 1 aliphatic heterocycles. The van der Waals surface area contributed by atoms with E-state index in [-0.39, 0.29) is 0 Å².